The van der Waals surface area contributed by atoms with Gasteiger partial charge in [-0.25, -0.2) is 0 Å². The summed E-state index contributed by atoms with van der Waals surface area (Å²) in [6.07, 6.45) is 16.2. The van der Waals surface area contributed by atoms with Gasteiger partial charge < -0.3 is 11.5 Å². The van der Waals surface area contributed by atoms with Crippen LogP contribution < -0.4 is 0 Å². The summed E-state index contributed by atoms with van der Waals surface area (Å²) in [5.41, 5.74) is 16.5. The van der Waals surface area contributed by atoms with E-state index in [4.69, 9.17) is 30.5 Å². The molecule has 0 aromatic rings. The first-order valence-electron chi connectivity index (χ1n) is 10.2. The van der Waals surface area contributed by atoms with Crippen LogP contribution in [0.3, 0.4) is 0 Å². The fraction of sp³-hybridized carbons (Fsp3) is 1.00. The molecule has 0 unspecified atom stereocenters. The van der Waals surface area contributed by atoms with Crippen LogP contribution in [-0.2, 0) is 15.9 Å². The molecule has 0 spiro atoms. The third-order valence-electron chi connectivity index (χ3n) is 8.08. The van der Waals surface area contributed by atoms with E-state index in [2.05, 4.69) is 0 Å². The Balaban J connectivity index is 0.000000109. The van der Waals surface area contributed by atoms with Crippen LogP contribution in [-0.4, -0.2) is 11.1 Å². The van der Waals surface area contributed by atoms with Gasteiger partial charge in [-0.3, -0.25) is 0 Å². The van der Waals surface area contributed by atoms with Crippen LogP contribution >= 0.6 is 19.1 Å². The molecule has 0 atom stereocenters. The Morgan fingerprint density at radius 3 is 0.800 bits per heavy atom. The zero-order valence-electron chi connectivity index (χ0n) is 15.0. The van der Waals surface area contributed by atoms with Crippen LogP contribution in [0.5, 0.6) is 0 Å². The molecular weight excluding hydrogens is 446 g/mol. The third-order valence-corrected chi connectivity index (χ3v) is 8.08. The van der Waals surface area contributed by atoms with E-state index in [1.807, 2.05) is 0 Å². The average Bonchev–Trinajstić information content (AvgIpc) is 2.43. The van der Waals surface area contributed by atoms with E-state index >= 15 is 0 Å². The van der Waals surface area contributed by atoms with Gasteiger partial charge in [-0.05, 0) is 74.0 Å². The molecule has 25 heavy (non-hydrogen) atoms. The minimum atomic E-state index is -0.106. The Labute approximate surface area is 169 Å². The zero-order chi connectivity index (χ0) is 17.7. The number of hydrogen-bond donors (Lipinski definition) is 0. The van der Waals surface area contributed by atoms with Gasteiger partial charge in [0.2, 0.25) is 0 Å². The van der Waals surface area contributed by atoms with Crippen LogP contribution in [0.1, 0.15) is 77.0 Å². The van der Waals surface area contributed by atoms with Gasteiger partial charge in [-0.1, -0.05) is 38.5 Å². The van der Waals surface area contributed by atoms with Crippen molar-refractivity contribution in [3.05, 3.63) is 11.5 Å². The first-order chi connectivity index (χ1) is 11.9. The molecule has 0 heterocycles. The molecular formula is C20H32Cl2N2Pd-2. The molecule has 8 rings (SSSR count). The van der Waals surface area contributed by atoms with Crippen LogP contribution in [0.4, 0.5) is 0 Å². The molecule has 0 aromatic carbocycles. The van der Waals surface area contributed by atoms with Crippen molar-refractivity contribution < 1.29 is 15.9 Å². The normalized spacial score (nSPS) is 53.9. The standard InChI is InChI=1S/2C10H16N.2ClH.Pd/c2*11-10-4-7-1-8(5-10)3-9(2-7)6-10;;;/h2*7-9,11H,1-6H2;2*1H;/q2*-1;;;+2/p-2. The molecule has 148 valence electrons. The number of nitrogens with one attached hydrogen (secondary N) is 2. The van der Waals surface area contributed by atoms with Gasteiger partial charge in [-0.15, -0.1) is 11.1 Å². The summed E-state index contributed by atoms with van der Waals surface area (Å²) in [4.78, 5) is 0. The smallest absolute Gasteiger partial charge is 0.0420 e. The summed E-state index contributed by atoms with van der Waals surface area (Å²) in [5.74, 6) is 5.74. The number of halogens is 2. The molecule has 5 heteroatoms. The van der Waals surface area contributed by atoms with Crippen molar-refractivity contribution in [3.8, 4) is 0 Å². The number of rotatable bonds is 0. The van der Waals surface area contributed by atoms with Crippen molar-refractivity contribution in [1.29, 1.82) is 0 Å². The van der Waals surface area contributed by atoms with Gasteiger partial charge in [0, 0.05) is 0 Å². The molecule has 8 fully saturated rings. The van der Waals surface area contributed by atoms with Crippen molar-refractivity contribution in [3.63, 3.8) is 0 Å². The maximum Gasteiger partial charge on any atom is -0.0420 e. The Kier molecular flexibility index (Phi) is 5.87. The maximum atomic E-state index is 8.21. The van der Waals surface area contributed by atoms with Crippen LogP contribution in [0, 0.1) is 35.5 Å². The molecule has 8 saturated carbocycles. The Hall–Kier alpha value is 1.16. The summed E-state index contributed by atoms with van der Waals surface area (Å²) in [6, 6.07) is 0. The van der Waals surface area contributed by atoms with Crippen molar-refractivity contribution >= 4 is 19.1 Å². The summed E-state index contributed by atoms with van der Waals surface area (Å²) in [7, 11) is 9.63. The summed E-state index contributed by atoms with van der Waals surface area (Å²) >= 11 is -0.106. The largest absolute Gasteiger partial charge is 0.672 e. The zero-order valence-corrected chi connectivity index (χ0v) is 18.1. The molecule has 0 radical (unpaired) electrons. The molecule has 8 aliphatic rings. The van der Waals surface area contributed by atoms with E-state index in [0.717, 1.165) is 35.5 Å². The first kappa shape index (κ1) is 19.5. The second-order valence-electron chi connectivity index (χ2n) is 10.4. The average molecular weight is 478 g/mol. The van der Waals surface area contributed by atoms with E-state index in [1.54, 1.807) is 0 Å². The van der Waals surface area contributed by atoms with Gasteiger partial charge >= 0.3 is 35.0 Å². The molecule has 0 saturated heterocycles. The molecule has 0 aromatic heterocycles. The molecule has 2 nitrogen and oxygen atoms in total. The number of hydrogen-bond acceptors (Lipinski definition) is 0. The van der Waals surface area contributed by atoms with Crippen molar-refractivity contribution in [2.45, 2.75) is 88.1 Å². The molecule has 0 amide bonds. The quantitative estimate of drug-likeness (QED) is 0.327. The summed E-state index contributed by atoms with van der Waals surface area (Å²) < 4.78 is 0. The van der Waals surface area contributed by atoms with Crippen LogP contribution in [0.15, 0.2) is 0 Å². The van der Waals surface area contributed by atoms with Crippen LogP contribution in [0.2, 0.25) is 0 Å². The minimum Gasteiger partial charge on any atom is -0.672 e. The maximum absolute atomic E-state index is 8.21. The van der Waals surface area contributed by atoms with E-state index in [1.165, 1.54) is 77.0 Å². The molecule has 8 bridgehead atoms. The van der Waals surface area contributed by atoms with Gasteiger partial charge in [0.15, 0.2) is 0 Å². The topological polar surface area (TPSA) is 47.6 Å². The van der Waals surface area contributed by atoms with Crippen molar-refractivity contribution in [2.24, 2.45) is 35.5 Å². The predicted octanol–water partition coefficient (Wildman–Crippen LogP) is 7.39. The third kappa shape index (κ3) is 4.44. The van der Waals surface area contributed by atoms with Crippen molar-refractivity contribution in [2.75, 3.05) is 0 Å². The second-order valence-corrected chi connectivity index (χ2v) is 12.8. The predicted molar refractivity (Wildman–Crippen MR) is 102 cm³/mol. The van der Waals surface area contributed by atoms with E-state index in [-0.39, 0.29) is 27.0 Å². The minimum absolute atomic E-state index is 0.0503. The van der Waals surface area contributed by atoms with Gasteiger partial charge in [-0.2, -0.15) is 0 Å². The van der Waals surface area contributed by atoms with Gasteiger partial charge in [0.05, 0.1) is 0 Å². The fourth-order valence-electron chi connectivity index (χ4n) is 8.22. The van der Waals surface area contributed by atoms with Gasteiger partial charge in [0.25, 0.3) is 0 Å². The van der Waals surface area contributed by atoms with E-state index in [9.17, 15) is 0 Å². The first-order valence-corrected chi connectivity index (χ1v) is 14.2. The van der Waals surface area contributed by atoms with Crippen LogP contribution in [0.25, 0.3) is 11.5 Å². The Morgan fingerprint density at radius 1 is 0.520 bits per heavy atom. The van der Waals surface area contributed by atoms with Gasteiger partial charge in [0.1, 0.15) is 0 Å². The Morgan fingerprint density at radius 2 is 0.680 bits per heavy atom. The Bertz CT molecular complexity index is 372. The SMILES string of the molecule is [Cl][Pd][Cl].[NH-]C12CC3CC(CC(C3)C1)C2.[NH-]C12CC3CC(CC(C3)C1)C2. The van der Waals surface area contributed by atoms with E-state index < -0.39 is 0 Å². The molecule has 0 aliphatic heterocycles. The van der Waals surface area contributed by atoms with Crippen molar-refractivity contribution in [1.82, 2.24) is 0 Å². The monoisotopic (exact) mass is 476 g/mol. The van der Waals surface area contributed by atoms with E-state index in [0.29, 0.717) is 0 Å². The molecule has 8 aliphatic carbocycles. The second kappa shape index (κ2) is 7.53. The fourth-order valence-corrected chi connectivity index (χ4v) is 8.22. The summed E-state index contributed by atoms with van der Waals surface area (Å²) in [6.45, 7) is 0. The summed E-state index contributed by atoms with van der Waals surface area (Å²) in [5, 5.41) is 0. The molecule has 2 N–H and O–H groups in total.